The van der Waals surface area contributed by atoms with Crippen molar-refractivity contribution < 1.29 is 22.7 Å². The first kappa shape index (κ1) is 26.7. The molecule has 1 heterocycles. The summed E-state index contributed by atoms with van der Waals surface area (Å²) < 4.78 is 33.1. The van der Waals surface area contributed by atoms with Gasteiger partial charge in [-0.25, -0.2) is 8.42 Å². The number of ether oxygens (including phenoxy) is 1. The van der Waals surface area contributed by atoms with Crippen LogP contribution in [0.4, 0.5) is 11.4 Å². The van der Waals surface area contributed by atoms with Gasteiger partial charge in [-0.1, -0.05) is 18.9 Å². The fourth-order valence-electron chi connectivity index (χ4n) is 4.00. The molecule has 0 bridgehead atoms. The minimum absolute atomic E-state index is 0.0158. The second-order valence-corrected chi connectivity index (χ2v) is 10.7. The van der Waals surface area contributed by atoms with Crippen molar-refractivity contribution in [3.63, 3.8) is 0 Å². The van der Waals surface area contributed by atoms with E-state index < -0.39 is 10.0 Å². The van der Waals surface area contributed by atoms with E-state index in [1.54, 1.807) is 66.7 Å². The van der Waals surface area contributed by atoms with Gasteiger partial charge in [-0.3, -0.25) is 14.5 Å². The van der Waals surface area contributed by atoms with Crippen LogP contribution in [0.25, 0.3) is 0 Å². The van der Waals surface area contributed by atoms with Crippen LogP contribution >= 0.6 is 0 Å². The number of amides is 2. The Morgan fingerprint density at radius 2 is 1.46 bits per heavy atom. The van der Waals surface area contributed by atoms with Gasteiger partial charge in [0.2, 0.25) is 21.8 Å². The topological polar surface area (TPSA) is 108 Å². The Morgan fingerprint density at radius 3 is 2.03 bits per heavy atom. The van der Waals surface area contributed by atoms with Crippen LogP contribution < -0.4 is 15.4 Å². The molecule has 0 spiro atoms. The lowest BCUT2D eigenvalue weighted by atomic mass is 10.2. The second kappa shape index (κ2) is 12.1. The fourth-order valence-corrected chi connectivity index (χ4v) is 5.77. The maximum Gasteiger partial charge on any atom is 0.243 e. The number of sulfonamides is 1. The Hall–Kier alpha value is -2.95. The van der Waals surface area contributed by atoms with Gasteiger partial charge in [0.1, 0.15) is 5.75 Å². The molecule has 2 N–H and O–H groups in total. The van der Waals surface area contributed by atoms with Crippen LogP contribution in [0.5, 0.6) is 5.75 Å². The first-order chi connectivity index (χ1) is 16.7. The SMILES string of the molecule is COc1ccc(NC(=O)CN(C)CC(=O)Nc2ccc(C)c(S(=O)(=O)N3CCCCCC3)c2)cc1. The first-order valence-electron chi connectivity index (χ1n) is 11.7. The quantitative estimate of drug-likeness (QED) is 0.546. The maximum absolute atomic E-state index is 13.2. The minimum Gasteiger partial charge on any atom is -0.497 e. The van der Waals surface area contributed by atoms with Crippen LogP contribution in [0.1, 0.15) is 31.2 Å². The Bertz CT molecular complexity index is 1130. The van der Waals surface area contributed by atoms with Gasteiger partial charge < -0.3 is 15.4 Å². The lowest BCUT2D eigenvalue weighted by molar-refractivity contribution is -0.119. The summed E-state index contributed by atoms with van der Waals surface area (Å²) in [5, 5.41) is 5.53. The number of nitrogens with one attached hydrogen (secondary N) is 2. The number of anilines is 2. The maximum atomic E-state index is 13.2. The van der Waals surface area contributed by atoms with E-state index >= 15 is 0 Å². The molecule has 10 heteroatoms. The average Bonchev–Trinajstić information content (AvgIpc) is 3.11. The van der Waals surface area contributed by atoms with Gasteiger partial charge >= 0.3 is 0 Å². The molecular formula is C25H34N4O5S. The molecule has 1 aliphatic rings. The molecule has 0 atom stereocenters. The summed E-state index contributed by atoms with van der Waals surface area (Å²) in [5.74, 6) is 0.0913. The highest BCUT2D eigenvalue weighted by molar-refractivity contribution is 7.89. The summed E-state index contributed by atoms with van der Waals surface area (Å²) in [7, 11) is -0.403. The zero-order valence-electron chi connectivity index (χ0n) is 20.5. The van der Waals surface area contributed by atoms with Crippen LogP contribution in [0, 0.1) is 6.92 Å². The Labute approximate surface area is 207 Å². The third-order valence-electron chi connectivity index (χ3n) is 5.86. The van der Waals surface area contributed by atoms with Gasteiger partial charge in [0.15, 0.2) is 0 Å². The molecule has 2 aromatic rings. The largest absolute Gasteiger partial charge is 0.497 e. The van der Waals surface area contributed by atoms with Crippen LogP contribution in [0.15, 0.2) is 47.4 Å². The molecule has 0 radical (unpaired) electrons. The van der Waals surface area contributed by atoms with Crippen molar-refractivity contribution in [1.29, 1.82) is 0 Å². The van der Waals surface area contributed by atoms with E-state index in [0.29, 0.717) is 35.8 Å². The lowest BCUT2D eigenvalue weighted by Crippen LogP contribution is -2.36. The summed E-state index contributed by atoms with van der Waals surface area (Å²) in [6.45, 7) is 2.77. The third-order valence-corrected chi connectivity index (χ3v) is 7.90. The zero-order chi connectivity index (χ0) is 25.4. The number of nitrogens with zero attached hydrogens (tertiary/aromatic N) is 2. The summed E-state index contributed by atoms with van der Waals surface area (Å²) in [4.78, 5) is 26.7. The van der Waals surface area contributed by atoms with Gasteiger partial charge in [-0.2, -0.15) is 4.31 Å². The van der Waals surface area contributed by atoms with E-state index in [-0.39, 0.29) is 29.8 Å². The number of benzene rings is 2. The lowest BCUT2D eigenvalue weighted by Gasteiger charge is -2.22. The molecule has 0 aromatic heterocycles. The Balaban J connectivity index is 1.57. The molecular weight excluding hydrogens is 468 g/mol. The number of hydrogen-bond donors (Lipinski definition) is 2. The number of methoxy groups -OCH3 is 1. The number of aryl methyl sites for hydroxylation is 1. The van der Waals surface area contributed by atoms with Crippen molar-refractivity contribution in [2.75, 3.05) is 51.0 Å². The summed E-state index contributed by atoms with van der Waals surface area (Å²) in [5.41, 5.74) is 1.68. The summed E-state index contributed by atoms with van der Waals surface area (Å²) in [6.07, 6.45) is 3.78. The van der Waals surface area contributed by atoms with Crippen molar-refractivity contribution >= 4 is 33.2 Å². The number of carbonyl (C=O) groups excluding carboxylic acids is 2. The molecule has 35 heavy (non-hydrogen) atoms. The highest BCUT2D eigenvalue weighted by Crippen LogP contribution is 2.26. The molecule has 0 aliphatic carbocycles. The van der Waals surface area contributed by atoms with Crippen molar-refractivity contribution in [3.8, 4) is 5.75 Å². The van der Waals surface area contributed by atoms with E-state index in [2.05, 4.69) is 10.6 Å². The molecule has 1 fully saturated rings. The number of hydrogen-bond acceptors (Lipinski definition) is 6. The van der Waals surface area contributed by atoms with E-state index in [9.17, 15) is 18.0 Å². The highest BCUT2D eigenvalue weighted by atomic mass is 32.2. The number of rotatable bonds is 9. The van der Waals surface area contributed by atoms with E-state index in [4.69, 9.17) is 4.74 Å². The molecule has 1 aliphatic heterocycles. The van der Waals surface area contributed by atoms with Crippen LogP contribution in [0.2, 0.25) is 0 Å². The van der Waals surface area contributed by atoms with Gasteiger partial charge in [0.05, 0.1) is 25.1 Å². The molecule has 1 saturated heterocycles. The zero-order valence-corrected chi connectivity index (χ0v) is 21.4. The molecule has 0 saturated carbocycles. The Kier molecular flexibility index (Phi) is 9.25. The fraction of sp³-hybridized carbons (Fsp3) is 0.440. The predicted molar refractivity (Wildman–Crippen MR) is 136 cm³/mol. The summed E-state index contributed by atoms with van der Waals surface area (Å²) >= 11 is 0. The molecule has 9 nitrogen and oxygen atoms in total. The average molecular weight is 503 g/mol. The molecule has 0 unspecified atom stereocenters. The second-order valence-electron chi connectivity index (χ2n) is 8.80. The van der Waals surface area contributed by atoms with Crippen molar-refractivity contribution in [2.45, 2.75) is 37.5 Å². The summed E-state index contributed by atoms with van der Waals surface area (Å²) in [6, 6.07) is 11.9. The first-order valence-corrected chi connectivity index (χ1v) is 13.2. The van der Waals surface area contributed by atoms with Gasteiger partial charge in [-0.15, -0.1) is 0 Å². The van der Waals surface area contributed by atoms with Crippen LogP contribution in [-0.2, 0) is 19.6 Å². The van der Waals surface area contributed by atoms with Crippen molar-refractivity contribution in [2.24, 2.45) is 0 Å². The number of carbonyl (C=O) groups is 2. The highest BCUT2D eigenvalue weighted by Gasteiger charge is 2.27. The molecule has 190 valence electrons. The van der Waals surface area contributed by atoms with Crippen LogP contribution in [0.3, 0.4) is 0 Å². The standard InChI is InChI=1S/C25H34N4O5S/c1-19-8-9-21(16-23(19)35(32,33)29-14-6-4-5-7-15-29)27-25(31)18-28(2)17-24(30)26-20-10-12-22(34-3)13-11-20/h8-13,16H,4-7,14-15,17-18H2,1-3H3,(H,26,30)(H,27,31). The predicted octanol–water partition coefficient (Wildman–Crippen LogP) is 3.08. The Morgan fingerprint density at radius 1 is 0.914 bits per heavy atom. The van der Waals surface area contributed by atoms with Crippen molar-refractivity contribution in [1.82, 2.24) is 9.21 Å². The van der Waals surface area contributed by atoms with E-state index in [1.807, 2.05) is 0 Å². The third kappa shape index (κ3) is 7.51. The van der Waals surface area contributed by atoms with Crippen molar-refractivity contribution in [3.05, 3.63) is 48.0 Å². The van der Waals surface area contributed by atoms with Gasteiger partial charge in [0, 0.05) is 24.5 Å². The molecule has 3 rings (SSSR count). The molecule has 2 amide bonds. The van der Waals surface area contributed by atoms with Gasteiger partial charge in [0.25, 0.3) is 0 Å². The van der Waals surface area contributed by atoms with Crippen LogP contribution in [-0.4, -0.2) is 69.8 Å². The normalized spacial score (nSPS) is 14.9. The smallest absolute Gasteiger partial charge is 0.243 e. The van der Waals surface area contributed by atoms with E-state index in [1.165, 1.54) is 6.07 Å². The van der Waals surface area contributed by atoms with Gasteiger partial charge in [-0.05, 0) is 68.8 Å². The van der Waals surface area contributed by atoms with E-state index in [0.717, 1.165) is 25.7 Å². The monoisotopic (exact) mass is 502 g/mol. The number of likely N-dealkylation sites (N-methyl/N-ethyl adjacent to an activating group) is 1. The minimum atomic E-state index is -3.64. The molecule has 2 aromatic carbocycles.